The number of ketones is 2. The Balaban J connectivity index is 3.22. The van der Waals surface area contributed by atoms with Gasteiger partial charge in [0.2, 0.25) is 0 Å². The Morgan fingerprint density at radius 1 is 1.22 bits per heavy atom. The number of Topliss-reactive ketones (excluding diaryl/α,β-unsaturated/α-hetero) is 2. The van der Waals surface area contributed by atoms with Crippen LogP contribution in [0.4, 0.5) is 0 Å². The molecule has 0 bridgehead atoms. The van der Waals surface area contributed by atoms with Crippen LogP contribution in [0.2, 0.25) is 10.0 Å². The van der Waals surface area contributed by atoms with Gasteiger partial charge in [0.15, 0.2) is 17.5 Å². The van der Waals surface area contributed by atoms with Crippen molar-refractivity contribution in [2.24, 2.45) is 5.92 Å². The second-order valence-electron chi connectivity index (χ2n) is 3.53. The van der Waals surface area contributed by atoms with Crippen LogP contribution in [0.5, 0.6) is 0 Å². The van der Waals surface area contributed by atoms with Gasteiger partial charge in [-0.3, -0.25) is 14.4 Å². The molecule has 1 atom stereocenters. The number of hydrogen-bond donors (Lipinski definition) is 0. The monoisotopic (exact) mass is 288 g/mol. The van der Waals surface area contributed by atoms with Crippen LogP contribution >= 0.6 is 23.2 Å². The van der Waals surface area contributed by atoms with Crippen molar-refractivity contribution >= 4 is 40.7 Å². The van der Waals surface area contributed by atoms with Gasteiger partial charge in [0.25, 0.3) is 0 Å². The van der Waals surface area contributed by atoms with Crippen LogP contribution in [-0.2, 0) is 14.3 Å². The smallest absolute Gasteiger partial charge is 0.324 e. The molecule has 0 heterocycles. The van der Waals surface area contributed by atoms with E-state index in [0.717, 1.165) is 14.0 Å². The molecule has 0 spiro atoms. The van der Waals surface area contributed by atoms with Crippen LogP contribution < -0.4 is 0 Å². The number of carbonyl (C=O) groups excluding carboxylic acids is 3. The predicted molar refractivity (Wildman–Crippen MR) is 67.0 cm³/mol. The van der Waals surface area contributed by atoms with Gasteiger partial charge in [-0.15, -0.1) is 0 Å². The van der Waals surface area contributed by atoms with Crippen LogP contribution in [0.3, 0.4) is 0 Å². The second-order valence-corrected chi connectivity index (χ2v) is 4.32. The molecule has 0 saturated carbocycles. The topological polar surface area (TPSA) is 60.4 Å². The summed E-state index contributed by atoms with van der Waals surface area (Å²) in [6.07, 6.45) is 0. The number of halogens is 2. The first kappa shape index (κ1) is 14.7. The second kappa shape index (κ2) is 5.98. The number of hydrogen-bond acceptors (Lipinski definition) is 4. The Labute approximate surface area is 114 Å². The van der Waals surface area contributed by atoms with Gasteiger partial charge < -0.3 is 4.74 Å². The Bertz CT molecular complexity index is 511. The van der Waals surface area contributed by atoms with Crippen molar-refractivity contribution in [2.75, 3.05) is 7.11 Å². The van der Waals surface area contributed by atoms with E-state index in [1.54, 1.807) is 0 Å². The van der Waals surface area contributed by atoms with Crippen molar-refractivity contribution in [3.8, 4) is 0 Å². The Morgan fingerprint density at radius 2 is 1.83 bits per heavy atom. The highest BCUT2D eigenvalue weighted by molar-refractivity contribution is 6.44. The van der Waals surface area contributed by atoms with Crippen molar-refractivity contribution in [1.29, 1.82) is 0 Å². The molecule has 4 nitrogen and oxygen atoms in total. The molecule has 0 aliphatic rings. The fourth-order valence-electron chi connectivity index (χ4n) is 1.43. The van der Waals surface area contributed by atoms with Crippen molar-refractivity contribution < 1.29 is 19.1 Å². The molecule has 1 rings (SSSR count). The summed E-state index contributed by atoms with van der Waals surface area (Å²) in [5.74, 6) is -3.75. The average molecular weight is 289 g/mol. The summed E-state index contributed by atoms with van der Waals surface area (Å²) in [5.41, 5.74) is 0.0229. The van der Waals surface area contributed by atoms with E-state index in [1.807, 2.05) is 0 Å². The Hall–Kier alpha value is -1.39. The van der Waals surface area contributed by atoms with E-state index in [-0.39, 0.29) is 15.6 Å². The molecule has 6 heteroatoms. The molecule has 0 N–H and O–H groups in total. The molecule has 0 aromatic heterocycles. The number of methoxy groups -OCH3 is 1. The molecule has 0 saturated heterocycles. The number of carbonyl (C=O) groups is 3. The highest BCUT2D eigenvalue weighted by atomic mass is 35.5. The third kappa shape index (κ3) is 2.89. The Kier molecular flexibility index (Phi) is 4.87. The highest BCUT2D eigenvalue weighted by Gasteiger charge is 2.34. The van der Waals surface area contributed by atoms with Gasteiger partial charge in [-0.2, -0.15) is 0 Å². The summed E-state index contributed by atoms with van der Waals surface area (Å²) < 4.78 is 4.43. The molecule has 0 aliphatic carbocycles. The van der Waals surface area contributed by atoms with Gasteiger partial charge in [0.05, 0.1) is 17.2 Å². The molecule has 0 radical (unpaired) electrons. The van der Waals surface area contributed by atoms with Crippen LogP contribution in [0.15, 0.2) is 18.2 Å². The molecule has 0 amide bonds. The average Bonchev–Trinajstić information content (AvgIpc) is 2.31. The van der Waals surface area contributed by atoms with E-state index in [9.17, 15) is 14.4 Å². The van der Waals surface area contributed by atoms with Gasteiger partial charge in [-0.05, 0) is 19.1 Å². The third-order valence-electron chi connectivity index (χ3n) is 2.32. The quantitative estimate of drug-likeness (QED) is 0.485. The minimum Gasteiger partial charge on any atom is -0.468 e. The van der Waals surface area contributed by atoms with E-state index < -0.39 is 23.5 Å². The number of esters is 1. The summed E-state index contributed by atoms with van der Waals surface area (Å²) in [7, 11) is 1.10. The first-order valence-electron chi connectivity index (χ1n) is 4.96. The number of benzene rings is 1. The van der Waals surface area contributed by atoms with Crippen molar-refractivity contribution in [3.05, 3.63) is 33.8 Å². The fraction of sp³-hybridized carbons (Fsp3) is 0.250. The van der Waals surface area contributed by atoms with E-state index in [2.05, 4.69) is 4.74 Å². The molecule has 1 aromatic rings. The van der Waals surface area contributed by atoms with E-state index in [1.165, 1.54) is 18.2 Å². The lowest BCUT2D eigenvalue weighted by atomic mass is 9.94. The molecular weight excluding hydrogens is 279 g/mol. The van der Waals surface area contributed by atoms with Crippen LogP contribution in [0, 0.1) is 5.92 Å². The Morgan fingerprint density at radius 3 is 2.33 bits per heavy atom. The van der Waals surface area contributed by atoms with Crippen molar-refractivity contribution in [2.45, 2.75) is 6.92 Å². The first-order chi connectivity index (χ1) is 8.40. The maximum absolute atomic E-state index is 12.1. The largest absolute Gasteiger partial charge is 0.468 e. The van der Waals surface area contributed by atoms with Crippen LogP contribution in [0.25, 0.3) is 0 Å². The summed E-state index contributed by atoms with van der Waals surface area (Å²) in [5, 5.41) is 0.189. The lowest BCUT2D eigenvalue weighted by Gasteiger charge is -2.11. The fourth-order valence-corrected chi connectivity index (χ4v) is 1.82. The zero-order valence-electron chi connectivity index (χ0n) is 9.70. The zero-order valence-corrected chi connectivity index (χ0v) is 11.2. The summed E-state index contributed by atoms with van der Waals surface area (Å²) in [4.78, 5) is 34.9. The van der Waals surface area contributed by atoms with Crippen molar-refractivity contribution in [1.82, 2.24) is 0 Å². The first-order valence-corrected chi connectivity index (χ1v) is 5.72. The molecular formula is C12H10Cl2O4. The maximum Gasteiger partial charge on any atom is 0.324 e. The van der Waals surface area contributed by atoms with Gasteiger partial charge in [-0.1, -0.05) is 29.3 Å². The SMILES string of the molecule is COC(=O)C(C(C)=O)C(=O)c1cccc(Cl)c1Cl. The molecule has 0 aliphatic heterocycles. The van der Waals surface area contributed by atoms with Gasteiger partial charge in [-0.25, -0.2) is 0 Å². The van der Waals surface area contributed by atoms with Crippen LogP contribution in [0.1, 0.15) is 17.3 Å². The van der Waals surface area contributed by atoms with E-state index in [4.69, 9.17) is 23.2 Å². The summed E-state index contributed by atoms with van der Waals surface area (Å²) in [6, 6.07) is 4.41. The van der Waals surface area contributed by atoms with Gasteiger partial charge >= 0.3 is 5.97 Å². The van der Waals surface area contributed by atoms with Gasteiger partial charge in [0.1, 0.15) is 0 Å². The van der Waals surface area contributed by atoms with E-state index >= 15 is 0 Å². The minimum absolute atomic E-state index is 0.0133. The maximum atomic E-state index is 12.1. The lowest BCUT2D eigenvalue weighted by Crippen LogP contribution is -2.31. The normalized spacial score (nSPS) is 11.8. The molecule has 18 heavy (non-hydrogen) atoms. The zero-order chi connectivity index (χ0) is 13.9. The third-order valence-corrected chi connectivity index (χ3v) is 3.14. The summed E-state index contributed by atoms with van der Waals surface area (Å²) >= 11 is 11.6. The minimum atomic E-state index is -1.51. The molecule has 96 valence electrons. The molecule has 1 aromatic carbocycles. The van der Waals surface area contributed by atoms with Gasteiger partial charge in [0, 0.05) is 5.56 Å². The lowest BCUT2D eigenvalue weighted by molar-refractivity contribution is -0.146. The standard InChI is InChI=1S/C12H10Cl2O4/c1-6(15)9(12(17)18-2)11(16)7-4-3-5-8(13)10(7)14/h3-5,9H,1-2H3. The summed E-state index contributed by atoms with van der Waals surface area (Å²) in [6.45, 7) is 1.14. The van der Waals surface area contributed by atoms with E-state index in [0.29, 0.717) is 0 Å². The predicted octanol–water partition coefficient (Wildman–Crippen LogP) is 2.55. The van der Waals surface area contributed by atoms with Crippen molar-refractivity contribution in [3.63, 3.8) is 0 Å². The number of ether oxygens (including phenoxy) is 1. The van der Waals surface area contributed by atoms with Crippen LogP contribution in [-0.4, -0.2) is 24.6 Å². The molecule has 1 unspecified atom stereocenters. The number of rotatable bonds is 4. The highest BCUT2D eigenvalue weighted by Crippen LogP contribution is 2.27. The molecule has 0 fully saturated rings.